The molecule has 0 radical (unpaired) electrons. The molecule has 0 unspecified atom stereocenters. The van der Waals surface area contributed by atoms with Crippen molar-refractivity contribution in [1.29, 1.82) is 0 Å². The lowest BCUT2D eigenvalue weighted by Crippen LogP contribution is -2.01. The van der Waals surface area contributed by atoms with Crippen LogP contribution in [-0.4, -0.2) is 27.3 Å². The maximum absolute atomic E-state index is 5.32. The molecule has 0 N–H and O–H groups in total. The van der Waals surface area contributed by atoms with Gasteiger partial charge in [-0.05, 0) is 12.1 Å². The number of rotatable bonds is 3. The van der Waals surface area contributed by atoms with E-state index in [1.54, 1.807) is 13.3 Å². The second-order valence-electron chi connectivity index (χ2n) is 4.07. The molecule has 0 aliphatic rings. The molecular formula is C15H12N4O. The number of ether oxygens (including phenoxy) is 1. The molecule has 0 spiro atoms. The van der Waals surface area contributed by atoms with Gasteiger partial charge in [0.1, 0.15) is 5.69 Å². The monoisotopic (exact) mass is 264 g/mol. The summed E-state index contributed by atoms with van der Waals surface area (Å²) in [6, 6.07) is 15.2. The summed E-state index contributed by atoms with van der Waals surface area (Å²) in [5.41, 5.74) is 2.20. The topological polar surface area (TPSA) is 60.8 Å². The third-order valence-corrected chi connectivity index (χ3v) is 2.79. The van der Waals surface area contributed by atoms with Gasteiger partial charge in [0.25, 0.3) is 0 Å². The summed E-state index contributed by atoms with van der Waals surface area (Å²) in [4.78, 5) is 8.59. The van der Waals surface area contributed by atoms with Crippen molar-refractivity contribution in [3.05, 3.63) is 54.7 Å². The predicted molar refractivity (Wildman–Crippen MR) is 75.0 cm³/mol. The molecule has 0 atom stereocenters. The average Bonchev–Trinajstić information content (AvgIpc) is 2.56. The molecule has 5 heteroatoms. The third-order valence-electron chi connectivity index (χ3n) is 2.79. The van der Waals surface area contributed by atoms with Gasteiger partial charge < -0.3 is 4.74 Å². The number of nitrogens with zero attached hydrogens (tertiary/aromatic N) is 4. The molecule has 0 bridgehead atoms. The Bertz CT molecular complexity index is 702. The van der Waals surface area contributed by atoms with Gasteiger partial charge in [0.05, 0.1) is 7.11 Å². The van der Waals surface area contributed by atoms with Crippen LogP contribution >= 0.6 is 0 Å². The van der Waals surface area contributed by atoms with Crippen LogP contribution in [0.3, 0.4) is 0 Å². The molecule has 2 heterocycles. The zero-order chi connectivity index (χ0) is 13.8. The fourth-order valence-corrected chi connectivity index (χ4v) is 1.83. The van der Waals surface area contributed by atoms with Crippen LogP contribution in [-0.2, 0) is 0 Å². The molecule has 0 aliphatic heterocycles. The molecule has 3 aromatic rings. The first kappa shape index (κ1) is 12.2. The quantitative estimate of drug-likeness (QED) is 0.727. The fourth-order valence-electron chi connectivity index (χ4n) is 1.83. The number of hydrogen-bond donors (Lipinski definition) is 0. The van der Waals surface area contributed by atoms with E-state index in [2.05, 4.69) is 20.2 Å². The molecule has 98 valence electrons. The van der Waals surface area contributed by atoms with Crippen molar-refractivity contribution in [3.63, 3.8) is 0 Å². The van der Waals surface area contributed by atoms with Crippen LogP contribution < -0.4 is 4.74 Å². The van der Waals surface area contributed by atoms with E-state index in [9.17, 15) is 0 Å². The molecule has 0 fully saturated rings. The van der Waals surface area contributed by atoms with Gasteiger partial charge >= 0.3 is 0 Å². The smallest absolute Gasteiger partial charge is 0.244 e. The third kappa shape index (κ3) is 2.33. The van der Waals surface area contributed by atoms with Crippen LogP contribution in [0.15, 0.2) is 54.7 Å². The second-order valence-corrected chi connectivity index (χ2v) is 4.07. The standard InChI is InChI=1S/C15H12N4O/c1-20-15-13(11-7-3-2-4-8-11)18-19-14(17-15)12-9-5-6-10-16-12/h2-10H,1H3. The van der Waals surface area contributed by atoms with E-state index < -0.39 is 0 Å². The molecule has 0 saturated carbocycles. The Hall–Kier alpha value is -2.82. The Balaban J connectivity index is 2.07. The molecule has 2 aromatic heterocycles. The van der Waals surface area contributed by atoms with Gasteiger partial charge in [-0.2, -0.15) is 4.98 Å². The molecule has 3 rings (SSSR count). The maximum Gasteiger partial charge on any atom is 0.244 e. The Morgan fingerprint density at radius 3 is 2.40 bits per heavy atom. The van der Waals surface area contributed by atoms with Gasteiger partial charge in [-0.1, -0.05) is 36.4 Å². The molecular weight excluding hydrogens is 252 g/mol. The molecule has 0 amide bonds. The number of benzene rings is 1. The molecule has 5 nitrogen and oxygen atoms in total. The first-order chi connectivity index (χ1) is 9.88. The van der Waals surface area contributed by atoms with E-state index in [1.165, 1.54) is 0 Å². The van der Waals surface area contributed by atoms with E-state index in [0.717, 1.165) is 5.56 Å². The predicted octanol–water partition coefficient (Wildman–Crippen LogP) is 2.61. The maximum atomic E-state index is 5.32. The average molecular weight is 264 g/mol. The van der Waals surface area contributed by atoms with E-state index in [-0.39, 0.29) is 0 Å². The second kappa shape index (κ2) is 5.44. The number of hydrogen-bond acceptors (Lipinski definition) is 5. The molecule has 1 aromatic carbocycles. The summed E-state index contributed by atoms with van der Waals surface area (Å²) < 4.78 is 5.32. The summed E-state index contributed by atoms with van der Waals surface area (Å²) in [6.45, 7) is 0. The number of pyridine rings is 1. The van der Waals surface area contributed by atoms with Gasteiger partial charge in [0.2, 0.25) is 11.7 Å². The lowest BCUT2D eigenvalue weighted by molar-refractivity contribution is 0.396. The highest BCUT2D eigenvalue weighted by Crippen LogP contribution is 2.26. The zero-order valence-corrected chi connectivity index (χ0v) is 10.9. The minimum absolute atomic E-state index is 0.437. The Kier molecular flexibility index (Phi) is 3.33. The Morgan fingerprint density at radius 2 is 1.70 bits per heavy atom. The minimum atomic E-state index is 0.437. The van der Waals surface area contributed by atoms with Crippen molar-refractivity contribution in [1.82, 2.24) is 20.2 Å². The summed E-state index contributed by atoms with van der Waals surface area (Å²) in [6.07, 6.45) is 1.69. The van der Waals surface area contributed by atoms with Gasteiger partial charge in [-0.25, -0.2) is 0 Å². The number of methoxy groups -OCH3 is 1. The molecule has 0 saturated heterocycles. The van der Waals surface area contributed by atoms with Crippen LogP contribution in [0.4, 0.5) is 0 Å². The van der Waals surface area contributed by atoms with Crippen LogP contribution in [0.5, 0.6) is 5.88 Å². The molecule has 20 heavy (non-hydrogen) atoms. The summed E-state index contributed by atoms with van der Waals surface area (Å²) >= 11 is 0. The lowest BCUT2D eigenvalue weighted by atomic mass is 10.1. The van der Waals surface area contributed by atoms with Crippen LogP contribution in [0.25, 0.3) is 22.8 Å². The normalized spacial score (nSPS) is 10.2. The van der Waals surface area contributed by atoms with Gasteiger partial charge in [0, 0.05) is 11.8 Å². The largest absolute Gasteiger partial charge is 0.479 e. The van der Waals surface area contributed by atoms with Gasteiger partial charge in [-0.15, -0.1) is 10.2 Å². The van der Waals surface area contributed by atoms with Crippen molar-refractivity contribution < 1.29 is 4.74 Å². The van der Waals surface area contributed by atoms with Crippen molar-refractivity contribution in [2.75, 3.05) is 7.11 Å². The molecule has 0 aliphatic carbocycles. The Morgan fingerprint density at radius 1 is 0.900 bits per heavy atom. The summed E-state index contributed by atoms with van der Waals surface area (Å²) in [5, 5.41) is 8.35. The minimum Gasteiger partial charge on any atom is -0.479 e. The van der Waals surface area contributed by atoms with E-state index in [0.29, 0.717) is 23.1 Å². The summed E-state index contributed by atoms with van der Waals surface area (Å²) in [7, 11) is 1.57. The van der Waals surface area contributed by atoms with Crippen LogP contribution in [0.1, 0.15) is 0 Å². The van der Waals surface area contributed by atoms with Crippen molar-refractivity contribution in [3.8, 4) is 28.7 Å². The van der Waals surface area contributed by atoms with Gasteiger partial charge in [-0.3, -0.25) is 4.98 Å². The van der Waals surface area contributed by atoms with Crippen LogP contribution in [0, 0.1) is 0 Å². The van der Waals surface area contributed by atoms with E-state index in [4.69, 9.17) is 4.74 Å². The first-order valence-corrected chi connectivity index (χ1v) is 6.14. The first-order valence-electron chi connectivity index (χ1n) is 6.14. The van der Waals surface area contributed by atoms with Crippen molar-refractivity contribution in [2.24, 2.45) is 0 Å². The SMILES string of the molecule is COc1nc(-c2ccccn2)nnc1-c1ccccc1. The highest BCUT2D eigenvalue weighted by atomic mass is 16.5. The van der Waals surface area contributed by atoms with Crippen molar-refractivity contribution in [2.45, 2.75) is 0 Å². The highest BCUT2D eigenvalue weighted by molar-refractivity contribution is 5.65. The van der Waals surface area contributed by atoms with Crippen LogP contribution in [0.2, 0.25) is 0 Å². The highest BCUT2D eigenvalue weighted by Gasteiger charge is 2.13. The fraction of sp³-hybridized carbons (Fsp3) is 0.0667. The lowest BCUT2D eigenvalue weighted by Gasteiger charge is -2.07. The van der Waals surface area contributed by atoms with Gasteiger partial charge in [0.15, 0.2) is 5.69 Å². The van der Waals surface area contributed by atoms with E-state index >= 15 is 0 Å². The van der Waals surface area contributed by atoms with E-state index in [1.807, 2.05) is 48.5 Å². The Labute approximate surface area is 116 Å². The zero-order valence-electron chi connectivity index (χ0n) is 10.9. The number of aromatic nitrogens is 4. The summed E-state index contributed by atoms with van der Waals surface area (Å²) in [5.74, 6) is 0.883. The van der Waals surface area contributed by atoms with Crippen molar-refractivity contribution >= 4 is 0 Å².